The van der Waals surface area contributed by atoms with Crippen molar-refractivity contribution in [3.63, 3.8) is 0 Å². The molecule has 0 unspecified atom stereocenters. The lowest BCUT2D eigenvalue weighted by Crippen LogP contribution is -1.92. The Morgan fingerprint density at radius 1 is 1.20 bits per heavy atom. The van der Waals surface area contributed by atoms with E-state index in [0.717, 1.165) is 18.5 Å². The molecule has 0 bridgehead atoms. The lowest BCUT2D eigenvalue weighted by molar-refractivity contribution is 0.967. The molecular weight excluding hydrogens is 326 g/mol. The van der Waals surface area contributed by atoms with Crippen molar-refractivity contribution < 1.29 is 0 Å². The minimum absolute atomic E-state index is 0.937. The summed E-state index contributed by atoms with van der Waals surface area (Å²) in [4.78, 5) is 13.5. The molecule has 4 aromatic heterocycles. The van der Waals surface area contributed by atoms with Crippen LogP contribution in [-0.2, 0) is 0 Å². The van der Waals surface area contributed by atoms with Gasteiger partial charge in [0.25, 0.3) is 0 Å². The van der Waals surface area contributed by atoms with Gasteiger partial charge >= 0.3 is 0 Å². The van der Waals surface area contributed by atoms with Crippen LogP contribution in [0.25, 0.3) is 37.1 Å². The van der Waals surface area contributed by atoms with Gasteiger partial charge in [-0.25, -0.2) is 4.98 Å². The molecule has 0 aliphatic heterocycles. The maximum absolute atomic E-state index is 4.66. The number of nitrogens with zero attached hydrogens (tertiary/aromatic N) is 2. The molecule has 3 nitrogen and oxygen atoms in total. The van der Waals surface area contributed by atoms with Crippen LogP contribution in [0.1, 0.15) is 25.3 Å². The fourth-order valence-corrected chi connectivity index (χ4v) is 4.55. The summed E-state index contributed by atoms with van der Waals surface area (Å²) in [5.74, 6) is 0. The number of rotatable bonds is 2. The van der Waals surface area contributed by atoms with E-state index < -0.39 is 0 Å². The summed E-state index contributed by atoms with van der Waals surface area (Å²) in [7, 11) is 0. The number of fused-ring (bicyclic) bond motifs is 2. The molecule has 4 heteroatoms. The van der Waals surface area contributed by atoms with Crippen LogP contribution in [0.4, 0.5) is 0 Å². The standard InChI is InChI=1S/C21H17N3S/c1-13-4-2-3-5-16(13)15-8-17-18(11-24-21(17)23-10-15)19-9-14-6-7-22-12-20(14)25-19/h3,5-12H,2,4H2,1H3,(H,23,24). The third kappa shape index (κ3) is 2.41. The molecule has 4 heterocycles. The SMILES string of the molecule is CC1=C(c2cnc3[nH]cc(-c4cc5ccncc5s4)c3c2)C=CCC1. The van der Waals surface area contributed by atoms with Crippen LogP contribution in [0.2, 0.25) is 0 Å². The minimum Gasteiger partial charge on any atom is -0.345 e. The first kappa shape index (κ1) is 14.6. The molecule has 1 aliphatic rings. The van der Waals surface area contributed by atoms with Gasteiger partial charge in [0.05, 0.1) is 4.70 Å². The van der Waals surface area contributed by atoms with Gasteiger partial charge in [0.2, 0.25) is 0 Å². The molecular formula is C21H17N3S. The van der Waals surface area contributed by atoms with E-state index in [4.69, 9.17) is 0 Å². The molecule has 1 N–H and O–H groups in total. The van der Waals surface area contributed by atoms with Crippen molar-refractivity contribution in [3.8, 4) is 10.4 Å². The minimum atomic E-state index is 0.937. The lowest BCUT2D eigenvalue weighted by Gasteiger charge is -2.12. The predicted octanol–water partition coefficient (Wildman–Crippen LogP) is 5.96. The number of hydrogen-bond acceptors (Lipinski definition) is 3. The molecule has 0 aromatic carbocycles. The van der Waals surface area contributed by atoms with Crippen molar-refractivity contribution in [2.24, 2.45) is 0 Å². The van der Waals surface area contributed by atoms with E-state index in [9.17, 15) is 0 Å². The van der Waals surface area contributed by atoms with Crippen molar-refractivity contribution in [1.29, 1.82) is 0 Å². The molecule has 0 atom stereocenters. The molecule has 25 heavy (non-hydrogen) atoms. The van der Waals surface area contributed by atoms with Gasteiger partial charge in [0.1, 0.15) is 5.65 Å². The third-order valence-electron chi connectivity index (χ3n) is 4.86. The van der Waals surface area contributed by atoms with Crippen LogP contribution in [0.5, 0.6) is 0 Å². The van der Waals surface area contributed by atoms with Crippen LogP contribution < -0.4 is 0 Å². The zero-order valence-corrected chi connectivity index (χ0v) is 14.7. The molecule has 0 amide bonds. The van der Waals surface area contributed by atoms with Gasteiger partial charge in [-0.15, -0.1) is 11.3 Å². The van der Waals surface area contributed by atoms with Gasteiger partial charge in [0, 0.05) is 46.2 Å². The summed E-state index contributed by atoms with van der Waals surface area (Å²) < 4.78 is 1.21. The second-order valence-electron chi connectivity index (χ2n) is 6.48. The fourth-order valence-electron chi connectivity index (χ4n) is 3.49. The second-order valence-corrected chi connectivity index (χ2v) is 7.57. The maximum Gasteiger partial charge on any atom is 0.137 e. The molecule has 0 saturated carbocycles. The van der Waals surface area contributed by atoms with Gasteiger partial charge in [-0.2, -0.15) is 0 Å². The van der Waals surface area contributed by atoms with Crippen LogP contribution in [0, 0.1) is 0 Å². The summed E-state index contributed by atoms with van der Waals surface area (Å²) in [5, 5.41) is 2.42. The summed E-state index contributed by atoms with van der Waals surface area (Å²) in [6, 6.07) is 6.57. The normalized spacial score (nSPS) is 14.8. The highest BCUT2D eigenvalue weighted by Gasteiger charge is 2.13. The largest absolute Gasteiger partial charge is 0.345 e. The highest BCUT2D eigenvalue weighted by atomic mass is 32.1. The smallest absolute Gasteiger partial charge is 0.137 e. The first-order chi connectivity index (χ1) is 12.3. The summed E-state index contributed by atoms with van der Waals surface area (Å²) in [5.41, 5.74) is 6.10. The molecule has 4 aromatic rings. The molecule has 122 valence electrons. The Labute approximate surface area is 149 Å². The highest BCUT2D eigenvalue weighted by Crippen LogP contribution is 2.38. The average Bonchev–Trinajstić information content (AvgIpc) is 3.25. The number of nitrogens with one attached hydrogen (secondary N) is 1. The Balaban J connectivity index is 1.69. The third-order valence-corrected chi connectivity index (χ3v) is 5.98. The summed E-state index contributed by atoms with van der Waals surface area (Å²) >= 11 is 1.78. The van der Waals surface area contributed by atoms with Gasteiger partial charge in [-0.05, 0) is 48.9 Å². The number of pyridine rings is 2. The monoisotopic (exact) mass is 343 g/mol. The topological polar surface area (TPSA) is 41.6 Å². The Bertz CT molecular complexity index is 1130. The van der Waals surface area contributed by atoms with Crippen LogP contribution in [0.3, 0.4) is 0 Å². The van der Waals surface area contributed by atoms with E-state index in [-0.39, 0.29) is 0 Å². The predicted molar refractivity (Wildman–Crippen MR) is 106 cm³/mol. The van der Waals surface area contributed by atoms with Crippen molar-refractivity contribution in [2.45, 2.75) is 19.8 Å². The molecule has 0 spiro atoms. The van der Waals surface area contributed by atoms with E-state index in [2.05, 4.69) is 58.4 Å². The molecule has 1 aliphatic carbocycles. The molecule has 0 fully saturated rings. The lowest BCUT2D eigenvalue weighted by atomic mass is 9.94. The zero-order valence-electron chi connectivity index (χ0n) is 13.9. The van der Waals surface area contributed by atoms with Crippen LogP contribution >= 0.6 is 11.3 Å². The highest BCUT2D eigenvalue weighted by molar-refractivity contribution is 7.22. The second kappa shape index (κ2) is 5.67. The summed E-state index contributed by atoms with van der Waals surface area (Å²) in [6.07, 6.45) is 14.6. The number of thiophene rings is 1. The van der Waals surface area contributed by atoms with Crippen molar-refractivity contribution >= 4 is 38.0 Å². The fraction of sp³-hybridized carbons (Fsp3) is 0.143. The first-order valence-electron chi connectivity index (χ1n) is 8.47. The van der Waals surface area contributed by atoms with E-state index >= 15 is 0 Å². The van der Waals surface area contributed by atoms with Crippen molar-refractivity contribution in [2.75, 3.05) is 0 Å². The van der Waals surface area contributed by atoms with Crippen LogP contribution in [-0.4, -0.2) is 15.0 Å². The molecule has 0 saturated heterocycles. The Kier molecular flexibility index (Phi) is 3.31. The van der Waals surface area contributed by atoms with E-state index in [1.165, 1.54) is 42.6 Å². The van der Waals surface area contributed by atoms with E-state index in [0.29, 0.717) is 0 Å². The average molecular weight is 343 g/mol. The van der Waals surface area contributed by atoms with Gasteiger partial charge in [0.15, 0.2) is 0 Å². The van der Waals surface area contributed by atoms with E-state index in [1.807, 2.05) is 18.6 Å². The Morgan fingerprint density at radius 2 is 2.16 bits per heavy atom. The van der Waals surface area contributed by atoms with E-state index in [1.54, 1.807) is 11.3 Å². The molecule has 0 radical (unpaired) electrons. The number of aromatic amines is 1. The molecule has 5 rings (SSSR count). The zero-order chi connectivity index (χ0) is 16.8. The van der Waals surface area contributed by atoms with Gasteiger partial charge in [-0.3, -0.25) is 4.98 Å². The number of H-pyrrole nitrogens is 1. The van der Waals surface area contributed by atoms with Gasteiger partial charge < -0.3 is 4.98 Å². The Morgan fingerprint density at radius 3 is 3.04 bits per heavy atom. The van der Waals surface area contributed by atoms with Crippen LogP contribution in [0.15, 0.2) is 60.7 Å². The van der Waals surface area contributed by atoms with Crippen molar-refractivity contribution in [3.05, 3.63) is 66.3 Å². The number of allylic oxidation sites excluding steroid dienone is 4. The summed E-state index contributed by atoms with van der Waals surface area (Å²) in [6.45, 7) is 2.22. The first-order valence-corrected chi connectivity index (χ1v) is 9.29. The van der Waals surface area contributed by atoms with Gasteiger partial charge in [-0.1, -0.05) is 17.7 Å². The van der Waals surface area contributed by atoms with Crippen molar-refractivity contribution in [1.82, 2.24) is 15.0 Å². The number of hydrogen-bond donors (Lipinski definition) is 1. The maximum atomic E-state index is 4.66. The quantitative estimate of drug-likeness (QED) is 0.487. The Hall–Kier alpha value is -2.72. The number of aromatic nitrogens is 3.